The van der Waals surface area contributed by atoms with Crippen LogP contribution in [0.15, 0.2) is 60.7 Å². The third kappa shape index (κ3) is 4.77. The first kappa shape index (κ1) is 23.4. The second kappa shape index (κ2) is 10.1. The Balaban J connectivity index is 1.12. The number of hydrogen-bond acceptors (Lipinski definition) is 4. The Morgan fingerprint density at radius 1 is 0.800 bits per heavy atom. The lowest BCUT2D eigenvalue weighted by Crippen LogP contribution is -2.51. The minimum Gasteiger partial charge on any atom is -0.439 e. The fraction of sp³-hybridized carbons (Fsp3) is 0.464. The number of amides is 3. The summed E-state index contributed by atoms with van der Waals surface area (Å²) in [5, 5.41) is 0. The largest absolute Gasteiger partial charge is 0.439 e. The molecule has 0 spiro atoms. The second-order valence-corrected chi connectivity index (χ2v) is 9.85. The minimum absolute atomic E-state index is 0.0375. The van der Waals surface area contributed by atoms with Crippen LogP contribution in [0.4, 0.5) is 4.79 Å². The highest BCUT2D eigenvalue weighted by Gasteiger charge is 2.44. The number of rotatable bonds is 4. The molecule has 184 valence electrons. The smallest absolute Gasteiger partial charge is 0.411 e. The quantitative estimate of drug-likeness (QED) is 0.667. The van der Waals surface area contributed by atoms with E-state index in [2.05, 4.69) is 0 Å². The number of ether oxygens (including phenoxy) is 1. The van der Waals surface area contributed by atoms with Crippen LogP contribution in [0.2, 0.25) is 0 Å². The Morgan fingerprint density at radius 3 is 2.00 bits per heavy atom. The number of nitrogens with zero attached hydrogens (tertiary/aromatic N) is 3. The van der Waals surface area contributed by atoms with Crippen molar-refractivity contribution in [2.24, 2.45) is 5.92 Å². The zero-order valence-corrected chi connectivity index (χ0v) is 20.2. The van der Waals surface area contributed by atoms with Crippen LogP contribution in [0.1, 0.15) is 54.6 Å². The van der Waals surface area contributed by atoms with Gasteiger partial charge in [-0.05, 0) is 50.3 Å². The predicted molar refractivity (Wildman–Crippen MR) is 132 cm³/mol. The summed E-state index contributed by atoms with van der Waals surface area (Å²) in [6.45, 7) is 4.57. The molecular weight excluding hydrogens is 442 g/mol. The summed E-state index contributed by atoms with van der Waals surface area (Å²) < 4.78 is 5.73. The molecule has 0 saturated carbocycles. The van der Waals surface area contributed by atoms with Gasteiger partial charge in [-0.1, -0.05) is 48.5 Å². The van der Waals surface area contributed by atoms with Crippen molar-refractivity contribution in [3.63, 3.8) is 0 Å². The molecule has 3 heterocycles. The van der Waals surface area contributed by atoms with E-state index in [1.165, 1.54) is 0 Å². The molecule has 7 heteroatoms. The van der Waals surface area contributed by atoms with Crippen LogP contribution in [-0.2, 0) is 9.53 Å². The van der Waals surface area contributed by atoms with Gasteiger partial charge in [0.15, 0.2) is 0 Å². The van der Waals surface area contributed by atoms with Crippen LogP contribution in [0, 0.1) is 5.92 Å². The molecule has 3 saturated heterocycles. The molecule has 0 bridgehead atoms. The van der Waals surface area contributed by atoms with Crippen molar-refractivity contribution in [3.05, 3.63) is 71.8 Å². The molecule has 0 unspecified atom stereocenters. The van der Waals surface area contributed by atoms with E-state index in [0.717, 1.165) is 18.4 Å². The fourth-order valence-corrected chi connectivity index (χ4v) is 5.77. The average molecular weight is 476 g/mol. The van der Waals surface area contributed by atoms with Gasteiger partial charge in [0.05, 0.1) is 6.04 Å². The number of cyclic esters (lactones) is 1. The summed E-state index contributed by atoms with van der Waals surface area (Å²) in [6.07, 6.45) is 2.41. The van der Waals surface area contributed by atoms with E-state index in [9.17, 15) is 14.4 Å². The van der Waals surface area contributed by atoms with Crippen molar-refractivity contribution in [2.75, 3.05) is 26.2 Å². The summed E-state index contributed by atoms with van der Waals surface area (Å²) in [4.78, 5) is 44.3. The first-order valence-corrected chi connectivity index (χ1v) is 12.7. The third-order valence-electron chi connectivity index (χ3n) is 7.77. The lowest BCUT2D eigenvalue weighted by atomic mass is 9.93. The van der Waals surface area contributed by atoms with Gasteiger partial charge in [-0.2, -0.15) is 0 Å². The highest BCUT2D eigenvalue weighted by molar-refractivity contribution is 5.94. The normalized spacial score (nSPS) is 23.9. The predicted octanol–water partition coefficient (Wildman–Crippen LogP) is 4.11. The maximum atomic E-state index is 13.2. The summed E-state index contributed by atoms with van der Waals surface area (Å²) in [6, 6.07) is 19.2. The maximum Gasteiger partial charge on any atom is 0.411 e. The number of carbonyl (C=O) groups is 3. The number of hydrogen-bond donors (Lipinski definition) is 0. The highest BCUT2D eigenvalue weighted by atomic mass is 16.6. The summed E-state index contributed by atoms with van der Waals surface area (Å²) in [5.74, 6) is 0.191. The van der Waals surface area contributed by atoms with Crippen molar-refractivity contribution in [1.29, 1.82) is 0 Å². The number of piperidine rings is 2. The van der Waals surface area contributed by atoms with Gasteiger partial charge in [-0.25, -0.2) is 4.79 Å². The Kier molecular flexibility index (Phi) is 6.75. The van der Waals surface area contributed by atoms with Gasteiger partial charge >= 0.3 is 6.09 Å². The van der Waals surface area contributed by atoms with Crippen molar-refractivity contribution in [3.8, 4) is 0 Å². The Morgan fingerprint density at radius 2 is 1.37 bits per heavy atom. The fourth-order valence-electron chi connectivity index (χ4n) is 5.77. The van der Waals surface area contributed by atoms with Gasteiger partial charge in [0.25, 0.3) is 5.91 Å². The van der Waals surface area contributed by atoms with Gasteiger partial charge in [0, 0.05) is 43.7 Å². The van der Waals surface area contributed by atoms with Gasteiger partial charge < -0.3 is 14.5 Å². The van der Waals surface area contributed by atoms with Crippen molar-refractivity contribution in [2.45, 2.75) is 50.8 Å². The van der Waals surface area contributed by atoms with E-state index in [0.29, 0.717) is 44.6 Å². The van der Waals surface area contributed by atoms with Crippen molar-refractivity contribution < 1.29 is 19.1 Å². The summed E-state index contributed by atoms with van der Waals surface area (Å²) in [7, 11) is 0. The molecular formula is C28H33N3O4. The van der Waals surface area contributed by atoms with E-state index in [1.54, 1.807) is 0 Å². The monoisotopic (exact) mass is 475 g/mol. The van der Waals surface area contributed by atoms with E-state index < -0.39 is 0 Å². The number of benzene rings is 2. The average Bonchev–Trinajstić information content (AvgIpc) is 3.22. The van der Waals surface area contributed by atoms with Crippen LogP contribution in [0.25, 0.3) is 0 Å². The van der Waals surface area contributed by atoms with E-state index in [-0.39, 0.29) is 42.0 Å². The summed E-state index contributed by atoms with van der Waals surface area (Å²) >= 11 is 0. The van der Waals surface area contributed by atoms with Crippen LogP contribution < -0.4 is 0 Å². The molecule has 3 aliphatic heterocycles. The Bertz CT molecular complexity index is 1040. The molecule has 3 fully saturated rings. The minimum atomic E-state index is -0.258. The summed E-state index contributed by atoms with van der Waals surface area (Å²) in [5.41, 5.74) is 1.71. The van der Waals surface area contributed by atoms with Crippen LogP contribution in [0.5, 0.6) is 0 Å². The molecule has 2 atom stereocenters. The first-order chi connectivity index (χ1) is 17.0. The molecule has 7 nitrogen and oxygen atoms in total. The number of carbonyl (C=O) groups excluding carboxylic acids is 3. The molecule has 2 aromatic carbocycles. The van der Waals surface area contributed by atoms with Crippen LogP contribution >= 0.6 is 0 Å². The Labute approximate surface area is 206 Å². The van der Waals surface area contributed by atoms with Crippen LogP contribution in [-0.4, -0.2) is 70.9 Å². The van der Waals surface area contributed by atoms with E-state index in [1.807, 2.05) is 82.3 Å². The third-order valence-corrected chi connectivity index (χ3v) is 7.77. The highest BCUT2D eigenvalue weighted by Crippen LogP contribution is 2.36. The molecule has 0 aliphatic carbocycles. The van der Waals surface area contributed by atoms with Gasteiger partial charge in [0.2, 0.25) is 5.91 Å². The van der Waals surface area contributed by atoms with Crippen LogP contribution in [0.3, 0.4) is 0 Å². The molecule has 5 rings (SSSR count). The first-order valence-electron chi connectivity index (χ1n) is 12.7. The topological polar surface area (TPSA) is 70.2 Å². The molecule has 3 amide bonds. The zero-order chi connectivity index (χ0) is 24.4. The van der Waals surface area contributed by atoms with Gasteiger partial charge in [0.1, 0.15) is 6.10 Å². The molecule has 35 heavy (non-hydrogen) atoms. The Hall–Kier alpha value is -3.35. The molecule has 0 radical (unpaired) electrons. The van der Waals surface area contributed by atoms with Crippen molar-refractivity contribution in [1.82, 2.24) is 14.7 Å². The number of likely N-dealkylation sites (tertiary alicyclic amines) is 2. The van der Waals surface area contributed by atoms with E-state index >= 15 is 0 Å². The lowest BCUT2D eigenvalue weighted by molar-refractivity contribution is -0.138. The molecule has 3 aliphatic rings. The molecule has 0 N–H and O–H groups in total. The SMILES string of the molecule is C[C@@H]1[C@H](c2ccccc2)OC(=O)N1C1CCN(C(=O)C2CCN(C(=O)c3ccccc3)CC2)CC1. The van der Waals surface area contributed by atoms with Crippen molar-refractivity contribution >= 4 is 17.9 Å². The van der Waals surface area contributed by atoms with Gasteiger partial charge in [-0.15, -0.1) is 0 Å². The van der Waals surface area contributed by atoms with E-state index in [4.69, 9.17) is 4.74 Å². The standard InChI is InChI=1S/C28H33N3O4/c1-20-25(21-8-4-2-5-9-21)35-28(34)31(20)24-14-18-30(19-15-24)27(33)23-12-16-29(17-13-23)26(32)22-10-6-3-7-11-22/h2-11,20,23-25H,12-19H2,1H3/t20-,25-/m1/s1. The molecule has 0 aromatic heterocycles. The maximum absolute atomic E-state index is 13.2. The second-order valence-electron chi connectivity index (χ2n) is 9.85. The lowest BCUT2D eigenvalue weighted by Gasteiger charge is -2.40. The molecule has 2 aromatic rings. The van der Waals surface area contributed by atoms with Gasteiger partial charge in [-0.3, -0.25) is 14.5 Å². The zero-order valence-electron chi connectivity index (χ0n) is 20.2.